The van der Waals surface area contributed by atoms with Gasteiger partial charge >= 0.3 is 0 Å². The summed E-state index contributed by atoms with van der Waals surface area (Å²) in [5.41, 5.74) is 6.04. The van der Waals surface area contributed by atoms with Crippen molar-refractivity contribution in [3.05, 3.63) is 11.9 Å². The van der Waals surface area contributed by atoms with E-state index >= 15 is 0 Å². The SMILES string of the molecule is CCCNC(=O)C(C)n1cc(C(C)(C)N)nn1. The number of nitrogens with zero attached hydrogens (tertiary/aromatic N) is 3. The summed E-state index contributed by atoms with van der Waals surface area (Å²) in [6.45, 7) is 8.17. The lowest BCUT2D eigenvalue weighted by Gasteiger charge is -2.14. The highest BCUT2D eigenvalue weighted by Crippen LogP contribution is 2.14. The molecular formula is C11H21N5O. The van der Waals surface area contributed by atoms with E-state index in [-0.39, 0.29) is 11.9 Å². The van der Waals surface area contributed by atoms with Gasteiger partial charge in [0.2, 0.25) is 5.91 Å². The first kappa shape index (κ1) is 13.6. The van der Waals surface area contributed by atoms with Crippen LogP contribution in [0.3, 0.4) is 0 Å². The average molecular weight is 239 g/mol. The Morgan fingerprint density at radius 2 is 2.29 bits per heavy atom. The van der Waals surface area contributed by atoms with Crippen molar-refractivity contribution in [2.75, 3.05) is 6.54 Å². The standard InChI is InChI=1S/C11H21N5O/c1-5-6-13-10(17)8(2)16-7-9(14-15-16)11(3,4)12/h7-8H,5-6,12H2,1-4H3,(H,13,17). The van der Waals surface area contributed by atoms with E-state index in [1.165, 1.54) is 4.68 Å². The Hall–Kier alpha value is -1.43. The van der Waals surface area contributed by atoms with Gasteiger partial charge in [0.05, 0.1) is 11.7 Å². The Morgan fingerprint density at radius 1 is 1.65 bits per heavy atom. The molecule has 0 bridgehead atoms. The van der Waals surface area contributed by atoms with E-state index in [1.807, 2.05) is 20.8 Å². The molecule has 0 fully saturated rings. The van der Waals surface area contributed by atoms with E-state index < -0.39 is 5.54 Å². The van der Waals surface area contributed by atoms with Crippen LogP contribution in [0.1, 0.15) is 45.9 Å². The molecule has 6 heteroatoms. The van der Waals surface area contributed by atoms with Crippen molar-refractivity contribution in [3.63, 3.8) is 0 Å². The quantitative estimate of drug-likeness (QED) is 0.786. The molecule has 0 saturated carbocycles. The van der Waals surface area contributed by atoms with Crippen LogP contribution in [0, 0.1) is 0 Å². The summed E-state index contributed by atoms with van der Waals surface area (Å²) in [5, 5.41) is 10.7. The minimum atomic E-state index is -0.544. The third-order valence-electron chi connectivity index (χ3n) is 2.50. The van der Waals surface area contributed by atoms with Crippen LogP contribution in [-0.4, -0.2) is 27.4 Å². The Labute approximate surface area is 102 Å². The fraction of sp³-hybridized carbons (Fsp3) is 0.727. The zero-order chi connectivity index (χ0) is 13.1. The van der Waals surface area contributed by atoms with Crippen molar-refractivity contribution in [2.24, 2.45) is 5.73 Å². The summed E-state index contributed by atoms with van der Waals surface area (Å²) in [6.07, 6.45) is 2.63. The first-order chi connectivity index (χ1) is 7.86. The van der Waals surface area contributed by atoms with E-state index in [2.05, 4.69) is 15.6 Å². The molecule has 6 nitrogen and oxygen atoms in total. The maximum Gasteiger partial charge on any atom is 0.244 e. The molecule has 1 amide bonds. The number of nitrogens with two attached hydrogens (primary N) is 1. The van der Waals surface area contributed by atoms with Gasteiger partial charge in [0, 0.05) is 6.54 Å². The maximum absolute atomic E-state index is 11.7. The first-order valence-electron chi connectivity index (χ1n) is 5.85. The summed E-state index contributed by atoms with van der Waals surface area (Å²) in [5.74, 6) is -0.0573. The molecular weight excluding hydrogens is 218 g/mol. The summed E-state index contributed by atoms with van der Waals surface area (Å²) in [7, 11) is 0. The van der Waals surface area contributed by atoms with Crippen LogP contribution in [0.2, 0.25) is 0 Å². The van der Waals surface area contributed by atoms with E-state index in [0.29, 0.717) is 12.2 Å². The highest BCUT2D eigenvalue weighted by Gasteiger charge is 2.21. The zero-order valence-corrected chi connectivity index (χ0v) is 10.9. The van der Waals surface area contributed by atoms with Gasteiger partial charge in [-0.1, -0.05) is 12.1 Å². The van der Waals surface area contributed by atoms with Crippen molar-refractivity contribution in [3.8, 4) is 0 Å². The first-order valence-corrected chi connectivity index (χ1v) is 5.85. The predicted molar refractivity (Wildman–Crippen MR) is 65.2 cm³/mol. The number of amides is 1. The molecule has 0 aliphatic rings. The number of carbonyl (C=O) groups is 1. The minimum Gasteiger partial charge on any atom is -0.354 e. The summed E-state index contributed by atoms with van der Waals surface area (Å²) >= 11 is 0. The lowest BCUT2D eigenvalue weighted by molar-refractivity contribution is -0.124. The minimum absolute atomic E-state index is 0.0573. The molecule has 17 heavy (non-hydrogen) atoms. The lowest BCUT2D eigenvalue weighted by atomic mass is 10.0. The highest BCUT2D eigenvalue weighted by molar-refractivity contribution is 5.79. The van der Waals surface area contributed by atoms with Gasteiger partial charge in [0.15, 0.2) is 0 Å². The lowest BCUT2D eigenvalue weighted by Crippen LogP contribution is -2.32. The van der Waals surface area contributed by atoms with Crippen LogP contribution < -0.4 is 11.1 Å². The summed E-state index contributed by atoms with van der Waals surface area (Å²) in [6, 6.07) is -0.370. The third kappa shape index (κ3) is 3.52. The molecule has 1 atom stereocenters. The van der Waals surface area contributed by atoms with Gasteiger partial charge in [-0.25, -0.2) is 4.68 Å². The Morgan fingerprint density at radius 3 is 2.76 bits per heavy atom. The highest BCUT2D eigenvalue weighted by atomic mass is 16.2. The summed E-state index contributed by atoms with van der Waals surface area (Å²) < 4.78 is 1.54. The van der Waals surface area contributed by atoms with Crippen molar-refractivity contribution in [1.82, 2.24) is 20.3 Å². The Balaban J connectivity index is 2.73. The smallest absolute Gasteiger partial charge is 0.244 e. The fourth-order valence-corrected chi connectivity index (χ4v) is 1.28. The number of rotatable bonds is 5. The number of aromatic nitrogens is 3. The third-order valence-corrected chi connectivity index (χ3v) is 2.50. The molecule has 1 aromatic heterocycles. The van der Waals surface area contributed by atoms with Gasteiger partial charge in [-0.15, -0.1) is 5.10 Å². The van der Waals surface area contributed by atoms with E-state index in [0.717, 1.165) is 6.42 Å². The van der Waals surface area contributed by atoms with Crippen LogP contribution in [0.5, 0.6) is 0 Å². The van der Waals surface area contributed by atoms with E-state index in [4.69, 9.17) is 5.73 Å². The second-order valence-corrected chi connectivity index (χ2v) is 4.77. The van der Waals surface area contributed by atoms with Crippen LogP contribution >= 0.6 is 0 Å². The molecule has 0 aromatic carbocycles. The average Bonchev–Trinajstić information content (AvgIpc) is 2.73. The monoisotopic (exact) mass is 239 g/mol. The van der Waals surface area contributed by atoms with Crippen molar-refractivity contribution in [2.45, 2.75) is 45.7 Å². The second-order valence-electron chi connectivity index (χ2n) is 4.77. The zero-order valence-electron chi connectivity index (χ0n) is 10.9. The van der Waals surface area contributed by atoms with Gasteiger partial charge in [-0.05, 0) is 27.2 Å². The van der Waals surface area contributed by atoms with Crippen LogP contribution in [0.15, 0.2) is 6.20 Å². The maximum atomic E-state index is 11.7. The van der Waals surface area contributed by atoms with Gasteiger partial charge < -0.3 is 11.1 Å². The second kappa shape index (κ2) is 5.27. The van der Waals surface area contributed by atoms with Crippen LogP contribution in [0.25, 0.3) is 0 Å². The Kier molecular flexibility index (Phi) is 4.22. The molecule has 0 spiro atoms. The van der Waals surface area contributed by atoms with E-state index in [1.54, 1.807) is 13.1 Å². The fourth-order valence-electron chi connectivity index (χ4n) is 1.28. The molecule has 96 valence electrons. The van der Waals surface area contributed by atoms with Crippen LogP contribution in [0.4, 0.5) is 0 Å². The van der Waals surface area contributed by atoms with Gasteiger partial charge in [-0.3, -0.25) is 4.79 Å². The molecule has 1 rings (SSSR count). The predicted octanol–water partition coefficient (Wildman–Crippen LogP) is 0.559. The molecule has 0 aliphatic carbocycles. The molecule has 1 unspecified atom stereocenters. The molecule has 0 saturated heterocycles. The molecule has 0 radical (unpaired) electrons. The molecule has 1 heterocycles. The molecule has 0 aliphatic heterocycles. The van der Waals surface area contributed by atoms with E-state index in [9.17, 15) is 4.79 Å². The normalized spacial score (nSPS) is 13.5. The van der Waals surface area contributed by atoms with Gasteiger partial charge in [0.1, 0.15) is 11.7 Å². The van der Waals surface area contributed by atoms with Crippen molar-refractivity contribution < 1.29 is 4.79 Å². The summed E-state index contributed by atoms with van der Waals surface area (Å²) in [4.78, 5) is 11.7. The molecule has 1 aromatic rings. The van der Waals surface area contributed by atoms with Crippen molar-refractivity contribution >= 4 is 5.91 Å². The van der Waals surface area contributed by atoms with Crippen molar-refractivity contribution in [1.29, 1.82) is 0 Å². The van der Waals surface area contributed by atoms with Gasteiger partial charge in [0.25, 0.3) is 0 Å². The van der Waals surface area contributed by atoms with Gasteiger partial charge in [-0.2, -0.15) is 0 Å². The topological polar surface area (TPSA) is 85.8 Å². The number of carbonyl (C=O) groups excluding carboxylic acids is 1. The number of hydrogen-bond acceptors (Lipinski definition) is 4. The largest absolute Gasteiger partial charge is 0.354 e. The van der Waals surface area contributed by atoms with Crippen LogP contribution in [-0.2, 0) is 10.3 Å². The number of hydrogen-bond donors (Lipinski definition) is 2. The Bertz CT molecular complexity index is 379. The number of nitrogens with one attached hydrogen (secondary N) is 1. The molecule has 3 N–H and O–H groups in total.